The summed E-state index contributed by atoms with van der Waals surface area (Å²) in [7, 11) is -3.68. The summed E-state index contributed by atoms with van der Waals surface area (Å²) in [6, 6.07) is 12.3. The van der Waals surface area contributed by atoms with E-state index in [-0.39, 0.29) is 34.8 Å². The number of hydrogen-bond acceptors (Lipinski definition) is 7. The van der Waals surface area contributed by atoms with Crippen LogP contribution in [0.3, 0.4) is 0 Å². The number of guanidine groups is 1. The van der Waals surface area contributed by atoms with E-state index < -0.39 is 22.0 Å². The van der Waals surface area contributed by atoms with Gasteiger partial charge in [-0.15, -0.1) is 0 Å². The van der Waals surface area contributed by atoms with Gasteiger partial charge in [-0.2, -0.15) is 4.31 Å². The molecule has 2 fully saturated rings. The molecule has 3 aromatic rings. The number of furan rings is 1. The van der Waals surface area contributed by atoms with Gasteiger partial charge in [-0.3, -0.25) is 19.7 Å². The molecule has 12 nitrogen and oxygen atoms in total. The molecule has 2 saturated heterocycles. The number of hydrogen-bond donors (Lipinski definition) is 2. The van der Waals surface area contributed by atoms with Gasteiger partial charge in [0.2, 0.25) is 27.8 Å². The molecule has 0 spiro atoms. The van der Waals surface area contributed by atoms with E-state index in [0.717, 1.165) is 36.8 Å². The molecule has 1 atom stereocenters. The van der Waals surface area contributed by atoms with Gasteiger partial charge >= 0.3 is 0 Å². The topological polar surface area (TPSA) is 145 Å². The Bertz CT molecular complexity index is 1710. The Kier molecular flexibility index (Phi) is 10.4. The van der Waals surface area contributed by atoms with Crippen molar-refractivity contribution >= 4 is 50.4 Å². The van der Waals surface area contributed by atoms with Crippen molar-refractivity contribution in [3.63, 3.8) is 0 Å². The summed E-state index contributed by atoms with van der Waals surface area (Å²) in [6.07, 6.45) is 3.89. The van der Waals surface area contributed by atoms with Crippen LogP contribution in [0.4, 0.5) is 5.69 Å². The quantitative estimate of drug-likeness (QED) is 0.263. The lowest BCUT2D eigenvalue weighted by molar-refractivity contribution is -0.140. The normalized spacial score (nSPS) is 17.9. The van der Waals surface area contributed by atoms with Crippen LogP contribution in [0.1, 0.15) is 62.1 Å². The number of carbonyl (C=O) groups excluding carboxylic acids is 3. The molecule has 0 radical (unpaired) electrons. The Balaban J connectivity index is 1.40. The van der Waals surface area contributed by atoms with Crippen molar-refractivity contribution in [2.24, 2.45) is 4.99 Å². The van der Waals surface area contributed by atoms with Gasteiger partial charge in [0, 0.05) is 49.4 Å². The molecule has 246 valence electrons. The van der Waals surface area contributed by atoms with E-state index in [0.29, 0.717) is 50.4 Å². The number of rotatable bonds is 9. The minimum atomic E-state index is -3.68. The lowest BCUT2D eigenvalue weighted by Crippen LogP contribution is -2.45. The Hall–Kier alpha value is -4.23. The molecule has 2 aliphatic heterocycles. The average Bonchev–Trinajstić information content (AvgIpc) is 3.68. The molecule has 3 heterocycles. The number of likely N-dealkylation sites (tertiary alicyclic amines) is 2. The second kappa shape index (κ2) is 14.5. The minimum Gasteiger partial charge on any atom is -0.461 e. The highest BCUT2D eigenvalue weighted by atomic mass is 32.2. The van der Waals surface area contributed by atoms with Gasteiger partial charge in [0.05, 0.1) is 11.4 Å². The van der Waals surface area contributed by atoms with Crippen LogP contribution >= 0.6 is 0 Å². The fraction of sp³-hybridized carbons (Fsp3) is 0.455. The van der Waals surface area contributed by atoms with Crippen molar-refractivity contribution in [3.05, 3.63) is 59.9 Å². The summed E-state index contributed by atoms with van der Waals surface area (Å²) in [5.74, 6) is -0.0212. The van der Waals surface area contributed by atoms with Gasteiger partial charge in [-0.25, -0.2) is 13.4 Å². The van der Waals surface area contributed by atoms with Gasteiger partial charge in [0.25, 0.3) is 5.91 Å². The highest BCUT2D eigenvalue weighted by Crippen LogP contribution is 2.23. The van der Waals surface area contributed by atoms with Crippen molar-refractivity contribution in [3.8, 4) is 0 Å². The van der Waals surface area contributed by atoms with Crippen LogP contribution in [0.15, 0.2) is 62.8 Å². The maximum atomic E-state index is 13.7. The van der Waals surface area contributed by atoms with Crippen LogP contribution in [0.25, 0.3) is 11.0 Å². The van der Waals surface area contributed by atoms with Crippen molar-refractivity contribution in [2.45, 2.75) is 63.8 Å². The number of anilines is 1. The monoisotopic (exact) mass is 650 g/mol. The van der Waals surface area contributed by atoms with Gasteiger partial charge in [0.1, 0.15) is 17.4 Å². The molecular weight excluding hydrogens is 608 g/mol. The molecule has 2 aromatic carbocycles. The van der Waals surface area contributed by atoms with Crippen molar-refractivity contribution in [1.82, 2.24) is 19.4 Å². The van der Waals surface area contributed by atoms with E-state index >= 15 is 0 Å². The first-order valence-electron chi connectivity index (χ1n) is 15.9. The van der Waals surface area contributed by atoms with E-state index in [1.807, 2.05) is 25.1 Å². The Morgan fingerprint density at radius 3 is 2.37 bits per heavy atom. The summed E-state index contributed by atoms with van der Waals surface area (Å²) in [6.45, 7) is 7.98. The highest BCUT2D eigenvalue weighted by molar-refractivity contribution is 7.89. The molecule has 2 N–H and O–H groups in total. The minimum absolute atomic E-state index is 0.0131. The number of benzene rings is 2. The Morgan fingerprint density at radius 2 is 1.67 bits per heavy atom. The molecule has 1 unspecified atom stereocenters. The van der Waals surface area contributed by atoms with Gasteiger partial charge in [-0.05, 0) is 87.6 Å². The molecular formula is C33H42N6O6S. The number of nitrogens with one attached hydrogen (secondary N) is 2. The maximum absolute atomic E-state index is 13.7. The molecule has 2 aliphatic rings. The lowest BCUT2D eigenvalue weighted by Gasteiger charge is -2.25. The highest BCUT2D eigenvalue weighted by Gasteiger charge is 2.31. The van der Waals surface area contributed by atoms with Crippen LogP contribution in [0, 0.1) is 6.92 Å². The van der Waals surface area contributed by atoms with E-state index in [2.05, 4.69) is 10.6 Å². The van der Waals surface area contributed by atoms with Crippen molar-refractivity contribution < 1.29 is 27.2 Å². The molecule has 0 bridgehead atoms. The first-order valence-corrected chi connectivity index (χ1v) is 17.4. The van der Waals surface area contributed by atoms with Gasteiger partial charge in [0.15, 0.2) is 0 Å². The first-order chi connectivity index (χ1) is 22.1. The number of sulfonamides is 1. The number of nitrogens with zero attached hydrogens (tertiary/aromatic N) is 4. The van der Waals surface area contributed by atoms with Gasteiger partial charge < -0.3 is 19.5 Å². The average molecular weight is 651 g/mol. The first kappa shape index (κ1) is 33.1. The zero-order valence-electron chi connectivity index (χ0n) is 26.6. The zero-order chi connectivity index (χ0) is 32.8. The fourth-order valence-corrected chi connectivity index (χ4v) is 7.36. The summed E-state index contributed by atoms with van der Waals surface area (Å²) in [5.41, 5.74) is 1.55. The molecule has 5 rings (SSSR count). The van der Waals surface area contributed by atoms with Crippen molar-refractivity contribution in [2.75, 3.05) is 44.6 Å². The standard InChI is InChI=1S/C33H42N6O6S/c1-4-39(5-2)46(43,44)27-14-11-24(12-15-27)31(41)36-33(34-26-13-16-29-25(21-26)20-23(3)45-29)35-28-10-6-7-19-38(32(28)42)22-30(40)37-17-8-9-18-37/h11-16,20-21,28H,4-10,17-19,22H2,1-3H3,(H2,34,35,36,41). The summed E-state index contributed by atoms with van der Waals surface area (Å²) in [4.78, 5) is 48.2. The second-order valence-corrected chi connectivity index (χ2v) is 13.6. The van der Waals surface area contributed by atoms with Crippen LogP contribution in [0.5, 0.6) is 0 Å². The van der Waals surface area contributed by atoms with Gasteiger partial charge in [-0.1, -0.05) is 13.8 Å². The van der Waals surface area contributed by atoms with Crippen LogP contribution in [0.2, 0.25) is 0 Å². The van der Waals surface area contributed by atoms with Crippen LogP contribution < -0.4 is 10.6 Å². The molecule has 46 heavy (non-hydrogen) atoms. The smallest absolute Gasteiger partial charge is 0.257 e. The number of carbonyl (C=O) groups is 3. The Labute approximate surface area is 269 Å². The second-order valence-electron chi connectivity index (χ2n) is 11.6. The predicted octanol–water partition coefficient (Wildman–Crippen LogP) is 3.97. The van der Waals surface area contributed by atoms with Crippen LogP contribution in [-0.4, -0.2) is 91.5 Å². The van der Waals surface area contributed by atoms with Crippen molar-refractivity contribution in [1.29, 1.82) is 0 Å². The Morgan fingerprint density at radius 1 is 0.978 bits per heavy atom. The molecule has 0 saturated carbocycles. The molecule has 3 amide bonds. The summed E-state index contributed by atoms with van der Waals surface area (Å²) < 4.78 is 32.9. The fourth-order valence-electron chi connectivity index (χ4n) is 5.90. The van der Waals surface area contributed by atoms with E-state index in [9.17, 15) is 22.8 Å². The third-order valence-corrected chi connectivity index (χ3v) is 10.5. The van der Waals surface area contributed by atoms with E-state index in [1.54, 1.807) is 29.7 Å². The largest absolute Gasteiger partial charge is 0.461 e. The summed E-state index contributed by atoms with van der Waals surface area (Å²) in [5, 5.41) is 6.82. The molecule has 13 heteroatoms. The zero-order valence-corrected chi connectivity index (χ0v) is 27.4. The number of amides is 3. The van der Waals surface area contributed by atoms with E-state index in [4.69, 9.17) is 9.41 Å². The SMILES string of the molecule is CCN(CC)S(=O)(=O)c1ccc(C(=O)NC(=NC2CCCCN(CC(=O)N3CCCC3)C2=O)Nc2ccc3oc(C)cc3c2)cc1. The lowest BCUT2D eigenvalue weighted by atomic mass is 10.1. The third kappa shape index (κ3) is 7.59. The summed E-state index contributed by atoms with van der Waals surface area (Å²) >= 11 is 0. The third-order valence-electron chi connectivity index (χ3n) is 8.42. The van der Waals surface area contributed by atoms with E-state index in [1.165, 1.54) is 28.6 Å². The predicted molar refractivity (Wildman–Crippen MR) is 176 cm³/mol. The maximum Gasteiger partial charge on any atom is 0.257 e. The van der Waals surface area contributed by atoms with Crippen LogP contribution in [-0.2, 0) is 19.6 Å². The number of aryl methyl sites for hydroxylation is 1. The molecule has 1 aromatic heterocycles. The number of aliphatic imine (C=N–C) groups is 1. The number of fused-ring (bicyclic) bond motifs is 1. The molecule has 0 aliphatic carbocycles.